The molecule has 1 aliphatic heterocycles. The molecular weight excluding hydrogens is 284 g/mol. The molecule has 0 radical (unpaired) electrons. The number of thiophene rings is 1. The molecule has 2 heterocycles. The van der Waals surface area contributed by atoms with Gasteiger partial charge in [0.25, 0.3) is 11.8 Å². The molecule has 21 heavy (non-hydrogen) atoms. The summed E-state index contributed by atoms with van der Waals surface area (Å²) in [5.74, 6) is -0.788. The SMILES string of the molecule is CC1=NN(C(=O)c2ccccc2)C(=O)/C1=C/c1cccs1. The summed E-state index contributed by atoms with van der Waals surface area (Å²) in [6.07, 6.45) is 1.77. The highest BCUT2D eigenvalue weighted by atomic mass is 32.1. The number of hydrogen-bond acceptors (Lipinski definition) is 4. The normalized spacial score (nSPS) is 16.4. The van der Waals surface area contributed by atoms with Crippen molar-refractivity contribution in [1.82, 2.24) is 5.01 Å². The molecule has 3 rings (SSSR count). The first kappa shape index (κ1) is 13.5. The van der Waals surface area contributed by atoms with Crippen LogP contribution in [0.2, 0.25) is 0 Å². The van der Waals surface area contributed by atoms with E-state index in [0.29, 0.717) is 16.8 Å². The molecule has 1 aliphatic rings. The minimum absolute atomic E-state index is 0.380. The second-order valence-electron chi connectivity index (χ2n) is 4.55. The second kappa shape index (κ2) is 5.46. The van der Waals surface area contributed by atoms with Gasteiger partial charge >= 0.3 is 0 Å². The zero-order valence-corrected chi connectivity index (χ0v) is 12.1. The van der Waals surface area contributed by atoms with Gasteiger partial charge in [-0.3, -0.25) is 9.59 Å². The van der Waals surface area contributed by atoms with Crippen LogP contribution in [0.15, 0.2) is 58.5 Å². The van der Waals surface area contributed by atoms with E-state index in [0.717, 1.165) is 9.89 Å². The molecule has 0 bridgehead atoms. The lowest BCUT2D eigenvalue weighted by Crippen LogP contribution is -2.29. The Morgan fingerprint density at radius 3 is 2.62 bits per heavy atom. The van der Waals surface area contributed by atoms with Crippen molar-refractivity contribution >= 4 is 34.9 Å². The van der Waals surface area contributed by atoms with Gasteiger partial charge in [0.05, 0.1) is 11.3 Å². The van der Waals surface area contributed by atoms with E-state index in [1.165, 1.54) is 11.3 Å². The zero-order valence-electron chi connectivity index (χ0n) is 11.3. The Bertz CT molecular complexity index is 746. The van der Waals surface area contributed by atoms with Crippen molar-refractivity contribution in [3.05, 3.63) is 63.9 Å². The van der Waals surface area contributed by atoms with E-state index < -0.39 is 5.91 Å². The molecule has 4 nitrogen and oxygen atoms in total. The Labute approximate surface area is 126 Å². The molecule has 2 aromatic rings. The second-order valence-corrected chi connectivity index (χ2v) is 5.53. The number of nitrogens with zero attached hydrogens (tertiary/aromatic N) is 2. The number of carbonyl (C=O) groups excluding carboxylic acids is 2. The number of hydrazone groups is 1. The molecule has 104 valence electrons. The Hall–Kier alpha value is -2.53. The van der Waals surface area contributed by atoms with Crippen LogP contribution in [0.5, 0.6) is 0 Å². The van der Waals surface area contributed by atoms with E-state index in [2.05, 4.69) is 5.10 Å². The quantitative estimate of drug-likeness (QED) is 0.631. The Kier molecular flexibility index (Phi) is 3.50. The fraction of sp³-hybridized carbons (Fsp3) is 0.0625. The predicted octanol–water partition coefficient (Wildman–Crippen LogP) is 3.19. The summed E-state index contributed by atoms with van der Waals surface area (Å²) in [4.78, 5) is 25.7. The Morgan fingerprint density at radius 2 is 1.95 bits per heavy atom. The van der Waals surface area contributed by atoms with E-state index in [1.807, 2.05) is 23.6 Å². The van der Waals surface area contributed by atoms with Crippen molar-refractivity contribution < 1.29 is 9.59 Å². The third-order valence-electron chi connectivity index (χ3n) is 3.11. The molecule has 0 unspecified atom stereocenters. The van der Waals surface area contributed by atoms with Crippen molar-refractivity contribution in [2.45, 2.75) is 6.92 Å². The van der Waals surface area contributed by atoms with Crippen LogP contribution in [-0.2, 0) is 4.79 Å². The number of imide groups is 1. The number of rotatable bonds is 2. The molecule has 0 saturated carbocycles. The minimum atomic E-state index is -0.408. The van der Waals surface area contributed by atoms with Crippen LogP contribution in [0, 0.1) is 0 Å². The first-order valence-electron chi connectivity index (χ1n) is 6.41. The molecule has 5 heteroatoms. The summed E-state index contributed by atoms with van der Waals surface area (Å²) in [5.41, 5.74) is 1.46. The molecule has 1 aromatic heterocycles. The molecule has 2 amide bonds. The van der Waals surface area contributed by atoms with Gasteiger partial charge in [-0.1, -0.05) is 24.3 Å². The van der Waals surface area contributed by atoms with Crippen LogP contribution in [0.25, 0.3) is 6.08 Å². The summed E-state index contributed by atoms with van der Waals surface area (Å²) < 4.78 is 0. The zero-order chi connectivity index (χ0) is 14.8. The van der Waals surface area contributed by atoms with E-state index in [9.17, 15) is 9.59 Å². The molecule has 0 N–H and O–H groups in total. The summed E-state index contributed by atoms with van der Waals surface area (Å²) >= 11 is 1.53. The lowest BCUT2D eigenvalue weighted by Gasteiger charge is -2.09. The van der Waals surface area contributed by atoms with Crippen LogP contribution >= 0.6 is 11.3 Å². The van der Waals surface area contributed by atoms with E-state index in [1.54, 1.807) is 37.3 Å². The van der Waals surface area contributed by atoms with Crippen molar-refractivity contribution in [3.63, 3.8) is 0 Å². The lowest BCUT2D eigenvalue weighted by atomic mass is 10.1. The largest absolute Gasteiger partial charge is 0.283 e. The maximum Gasteiger partial charge on any atom is 0.283 e. The van der Waals surface area contributed by atoms with Crippen LogP contribution in [-0.4, -0.2) is 22.5 Å². The maximum absolute atomic E-state index is 12.4. The summed E-state index contributed by atoms with van der Waals surface area (Å²) in [6, 6.07) is 12.5. The van der Waals surface area contributed by atoms with Gasteiger partial charge in [-0.2, -0.15) is 10.1 Å². The smallest absolute Gasteiger partial charge is 0.267 e. The van der Waals surface area contributed by atoms with Crippen LogP contribution in [0.1, 0.15) is 22.2 Å². The first-order valence-corrected chi connectivity index (χ1v) is 7.29. The highest BCUT2D eigenvalue weighted by Gasteiger charge is 2.32. The highest BCUT2D eigenvalue weighted by molar-refractivity contribution is 7.10. The lowest BCUT2D eigenvalue weighted by molar-refractivity contribution is -0.123. The van der Waals surface area contributed by atoms with Gasteiger partial charge < -0.3 is 0 Å². The first-order chi connectivity index (χ1) is 10.2. The fourth-order valence-corrected chi connectivity index (χ4v) is 2.70. The molecular formula is C16H12N2O2S. The average molecular weight is 296 g/mol. The van der Waals surface area contributed by atoms with Gasteiger partial charge in [-0.05, 0) is 36.6 Å². The van der Waals surface area contributed by atoms with Gasteiger partial charge in [0, 0.05) is 10.4 Å². The maximum atomic E-state index is 12.4. The van der Waals surface area contributed by atoms with Crippen molar-refractivity contribution in [2.24, 2.45) is 5.10 Å². The fourth-order valence-electron chi connectivity index (χ4n) is 2.04. The summed E-state index contributed by atoms with van der Waals surface area (Å²) in [7, 11) is 0. The number of hydrogen-bond donors (Lipinski definition) is 0. The van der Waals surface area contributed by atoms with E-state index in [4.69, 9.17) is 0 Å². The van der Waals surface area contributed by atoms with Crippen molar-refractivity contribution in [2.75, 3.05) is 0 Å². The number of carbonyl (C=O) groups is 2. The van der Waals surface area contributed by atoms with E-state index >= 15 is 0 Å². The Morgan fingerprint density at radius 1 is 1.19 bits per heavy atom. The van der Waals surface area contributed by atoms with Crippen molar-refractivity contribution in [3.8, 4) is 0 Å². The molecule has 0 spiro atoms. The monoisotopic (exact) mass is 296 g/mol. The third kappa shape index (κ3) is 2.55. The highest BCUT2D eigenvalue weighted by Crippen LogP contribution is 2.22. The molecule has 0 saturated heterocycles. The third-order valence-corrected chi connectivity index (χ3v) is 3.92. The molecule has 0 aliphatic carbocycles. The van der Waals surface area contributed by atoms with Crippen LogP contribution in [0.4, 0.5) is 0 Å². The van der Waals surface area contributed by atoms with Gasteiger partial charge in [-0.25, -0.2) is 0 Å². The molecule has 0 fully saturated rings. The number of benzene rings is 1. The Balaban J connectivity index is 1.91. The van der Waals surface area contributed by atoms with Crippen molar-refractivity contribution in [1.29, 1.82) is 0 Å². The topological polar surface area (TPSA) is 49.7 Å². The molecule has 0 atom stereocenters. The molecule has 1 aromatic carbocycles. The predicted molar refractivity (Wildman–Crippen MR) is 83.0 cm³/mol. The van der Waals surface area contributed by atoms with Gasteiger partial charge in [0.1, 0.15) is 0 Å². The van der Waals surface area contributed by atoms with Gasteiger partial charge in [-0.15, -0.1) is 11.3 Å². The van der Waals surface area contributed by atoms with Gasteiger partial charge in [0.15, 0.2) is 0 Å². The van der Waals surface area contributed by atoms with Gasteiger partial charge in [0.2, 0.25) is 0 Å². The average Bonchev–Trinajstić information content (AvgIpc) is 3.11. The van der Waals surface area contributed by atoms with Crippen LogP contribution in [0.3, 0.4) is 0 Å². The summed E-state index contributed by atoms with van der Waals surface area (Å²) in [6.45, 7) is 1.73. The van der Waals surface area contributed by atoms with Crippen LogP contribution < -0.4 is 0 Å². The minimum Gasteiger partial charge on any atom is -0.267 e. The standard InChI is InChI=1S/C16H12N2O2S/c1-11-14(10-13-8-5-9-21-13)16(20)18(17-11)15(19)12-6-3-2-4-7-12/h2-10H,1H3/b14-10+. The van der Waals surface area contributed by atoms with E-state index in [-0.39, 0.29) is 5.91 Å². The summed E-state index contributed by atoms with van der Waals surface area (Å²) in [5, 5.41) is 6.97. The number of amides is 2.